The monoisotopic (exact) mass is 278 g/mol. The van der Waals surface area contributed by atoms with Gasteiger partial charge in [-0.3, -0.25) is 9.59 Å². The minimum absolute atomic E-state index is 0.00751. The molecular formula is C15H22N2O3. The van der Waals surface area contributed by atoms with Gasteiger partial charge in [0.05, 0.1) is 13.0 Å². The molecule has 1 amide bonds. The van der Waals surface area contributed by atoms with Crippen LogP contribution in [-0.4, -0.2) is 48.1 Å². The fourth-order valence-electron chi connectivity index (χ4n) is 1.73. The molecule has 1 rings (SSSR count). The molecule has 0 fully saturated rings. The van der Waals surface area contributed by atoms with Crippen LogP contribution >= 0.6 is 0 Å². The zero-order chi connectivity index (χ0) is 15.1. The van der Waals surface area contributed by atoms with Crippen molar-refractivity contribution in [2.24, 2.45) is 0 Å². The van der Waals surface area contributed by atoms with Crippen molar-refractivity contribution in [1.29, 1.82) is 0 Å². The van der Waals surface area contributed by atoms with Crippen LogP contribution in [0.1, 0.15) is 20.3 Å². The number of carbonyl (C=O) groups excluding carboxylic acids is 1. The molecule has 0 aliphatic carbocycles. The van der Waals surface area contributed by atoms with E-state index in [2.05, 4.69) is 0 Å². The van der Waals surface area contributed by atoms with Crippen molar-refractivity contribution in [1.82, 2.24) is 4.90 Å². The number of amides is 1. The third kappa shape index (κ3) is 4.91. The summed E-state index contributed by atoms with van der Waals surface area (Å²) in [5.41, 5.74) is 0.860. The molecule has 0 bridgehead atoms. The molecule has 110 valence electrons. The van der Waals surface area contributed by atoms with Crippen molar-refractivity contribution in [2.75, 3.05) is 25.0 Å². The molecule has 5 nitrogen and oxygen atoms in total. The van der Waals surface area contributed by atoms with Gasteiger partial charge in [-0.05, 0) is 26.0 Å². The Kier molecular flexibility index (Phi) is 6.03. The summed E-state index contributed by atoms with van der Waals surface area (Å²) in [7, 11) is 1.76. The van der Waals surface area contributed by atoms with E-state index < -0.39 is 5.97 Å². The largest absolute Gasteiger partial charge is 0.481 e. The van der Waals surface area contributed by atoms with Gasteiger partial charge in [0, 0.05) is 25.3 Å². The summed E-state index contributed by atoms with van der Waals surface area (Å²) in [5.74, 6) is -0.884. The maximum absolute atomic E-state index is 12.1. The molecule has 0 aromatic heterocycles. The molecule has 0 unspecified atom stereocenters. The molecule has 0 aliphatic rings. The first-order valence-corrected chi connectivity index (χ1v) is 6.69. The van der Waals surface area contributed by atoms with Gasteiger partial charge in [0.1, 0.15) is 0 Å². The van der Waals surface area contributed by atoms with E-state index in [1.54, 1.807) is 16.8 Å². The molecule has 0 spiro atoms. The van der Waals surface area contributed by atoms with E-state index in [-0.39, 0.29) is 24.9 Å². The van der Waals surface area contributed by atoms with Crippen LogP contribution in [-0.2, 0) is 9.59 Å². The second-order valence-electron chi connectivity index (χ2n) is 5.00. The highest BCUT2D eigenvalue weighted by Gasteiger charge is 2.17. The van der Waals surface area contributed by atoms with Gasteiger partial charge < -0.3 is 14.9 Å². The Balaban J connectivity index is 2.78. The first-order chi connectivity index (χ1) is 9.41. The minimum Gasteiger partial charge on any atom is -0.481 e. The number of aliphatic carboxylic acids is 1. The van der Waals surface area contributed by atoms with Gasteiger partial charge in [0.15, 0.2) is 0 Å². The summed E-state index contributed by atoms with van der Waals surface area (Å²) in [6, 6.07) is 9.52. The Morgan fingerprint density at radius 2 is 1.80 bits per heavy atom. The number of carboxylic acid groups (broad SMARTS) is 1. The standard InChI is InChI=1S/C15H22N2O3/c1-12(2)16(3)14(18)11-17(10-9-15(19)20)13-7-5-4-6-8-13/h4-8,12H,9-11H2,1-3H3,(H,19,20). The van der Waals surface area contributed by atoms with Crippen molar-refractivity contribution in [3.63, 3.8) is 0 Å². The number of carbonyl (C=O) groups is 2. The summed E-state index contributed by atoms with van der Waals surface area (Å²) in [6.07, 6.45) is 0.00751. The maximum atomic E-state index is 12.1. The molecule has 1 aromatic rings. The molecule has 0 radical (unpaired) electrons. The summed E-state index contributed by atoms with van der Waals surface area (Å²) in [6.45, 7) is 4.40. The van der Waals surface area contributed by atoms with Gasteiger partial charge in [0.2, 0.25) is 5.91 Å². The first kappa shape index (κ1) is 16.0. The first-order valence-electron chi connectivity index (χ1n) is 6.69. The fourth-order valence-corrected chi connectivity index (χ4v) is 1.73. The number of hydrogen-bond donors (Lipinski definition) is 1. The van der Waals surface area contributed by atoms with E-state index in [4.69, 9.17) is 5.11 Å². The molecule has 0 saturated carbocycles. The summed E-state index contributed by atoms with van der Waals surface area (Å²) >= 11 is 0. The van der Waals surface area contributed by atoms with Crippen LogP contribution in [0.25, 0.3) is 0 Å². The van der Waals surface area contributed by atoms with Gasteiger partial charge >= 0.3 is 5.97 Å². The lowest BCUT2D eigenvalue weighted by atomic mass is 10.2. The molecule has 1 aromatic carbocycles. The number of benzene rings is 1. The van der Waals surface area contributed by atoms with Crippen molar-refractivity contribution in [3.05, 3.63) is 30.3 Å². The second-order valence-corrected chi connectivity index (χ2v) is 5.00. The fraction of sp³-hybridized carbons (Fsp3) is 0.467. The number of rotatable bonds is 7. The second kappa shape index (κ2) is 7.53. The lowest BCUT2D eigenvalue weighted by molar-refractivity contribution is -0.137. The quantitative estimate of drug-likeness (QED) is 0.826. The number of anilines is 1. The highest BCUT2D eigenvalue weighted by molar-refractivity contribution is 5.81. The Labute approximate surface area is 119 Å². The Morgan fingerprint density at radius 1 is 1.20 bits per heavy atom. The predicted octanol–water partition coefficient (Wildman–Crippen LogP) is 1.83. The molecule has 1 N–H and O–H groups in total. The van der Waals surface area contributed by atoms with Crippen molar-refractivity contribution in [3.8, 4) is 0 Å². The van der Waals surface area contributed by atoms with E-state index >= 15 is 0 Å². The van der Waals surface area contributed by atoms with Crippen LogP contribution in [0.2, 0.25) is 0 Å². The van der Waals surface area contributed by atoms with Crippen LogP contribution in [0.4, 0.5) is 5.69 Å². The molecule has 0 saturated heterocycles. The normalized spacial score (nSPS) is 10.4. The molecule has 0 heterocycles. The zero-order valence-electron chi connectivity index (χ0n) is 12.2. The number of carboxylic acids is 1. The smallest absolute Gasteiger partial charge is 0.305 e. The summed E-state index contributed by atoms with van der Waals surface area (Å²) in [5, 5.41) is 8.82. The number of hydrogen-bond acceptors (Lipinski definition) is 3. The maximum Gasteiger partial charge on any atom is 0.305 e. The Hall–Kier alpha value is -2.04. The van der Waals surface area contributed by atoms with Crippen molar-refractivity contribution in [2.45, 2.75) is 26.3 Å². The van der Waals surface area contributed by atoms with Crippen LogP contribution < -0.4 is 4.90 Å². The van der Waals surface area contributed by atoms with Crippen LogP contribution in [0.15, 0.2) is 30.3 Å². The zero-order valence-corrected chi connectivity index (χ0v) is 12.2. The Bertz CT molecular complexity index is 446. The van der Waals surface area contributed by atoms with Gasteiger partial charge in [-0.15, -0.1) is 0 Å². The molecule has 0 atom stereocenters. The Morgan fingerprint density at radius 3 is 2.30 bits per heavy atom. The third-order valence-corrected chi connectivity index (χ3v) is 3.21. The van der Waals surface area contributed by atoms with Gasteiger partial charge in [0.25, 0.3) is 0 Å². The summed E-state index contributed by atoms with van der Waals surface area (Å²) < 4.78 is 0. The highest BCUT2D eigenvalue weighted by atomic mass is 16.4. The SMILES string of the molecule is CC(C)N(C)C(=O)CN(CCC(=O)O)c1ccccc1. The van der Waals surface area contributed by atoms with E-state index in [9.17, 15) is 9.59 Å². The number of nitrogens with zero attached hydrogens (tertiary/aromatic N) is 2. The van der Waals surface area contributed by atoms with Crippen molar-refractivity contribution < 1.29 is 14.7 Å². The lowest BCUT2D eigenvalue weighted by Crippen LogP contribution is -2.42. The van der Waals surface area contributed by atoms with Crippen LogP contribution in [0.5, 0.6) is 0 Å². The van der Waals surface area contributed by atoms with Gasteiger partial charge in [-0.25, -0.2) is 0 Å². The minimum atomic E-state index is -0.865. The molecule has 20 heavy (non-hydrogen) atoms. The van der Waals surface area contributed by atoms with Gasteiger partial charge in [-0.2, -0.15) is 0 Å². The van der Waals surface area contributed by atoms with Crippen molar-refractivity contribution >= 4 is 17.6 Å². The third-order valence-electron chi connectivity index (χ3n) is 3.21. The van der Waals surface area contributed by atoms with Crippen LogP contribution in [0, 0.1) is 0 Å². The molecule has 5 heteroatoms. The summed E-state index contributed by atoms with van der Waals surface area (Å²) in [4.78, 5) is 26.4. The number of likely N-dealkylation sites (N-methyl/N-ethyl adjacent to an activating group) is 1. The lowest BCUT2D eigenvalue weighted by Gasteiger charge is -2.28. The van der Waals surface area contributed by atoms with E-state index in [0.717, 1.165) is 5.69 Å². The molecular weight excluding hydrogens is 256 g/mol. The van der Waals surface area contributed by atoms with Crippen LogP contribution in [0.3, 0.4) is 0 Å². The average molecular weight is 278 g/mol. The highest BCUT2D eigenvalue weighted by Crippen LogP contribution is 2.14. The van der Waals surface area contributed by atoms with E-state index in [1.807, 2.05) is 44.2 Å². The van der Waals surface area contributed by atoms with E-state index in [1.165, 1.54) is 0 Å². The number of para-hydroxylation sites is 1. The topological polar surface area (TPSA) is 60.9 Å². The predicted molar refractivity (Wildman–Crippen MR) is 78.8 cm³/mol. The van der Waals surface area contributed by atoms with E-state index in [0.29, 0.717) is 6.54 Å². The van der Waals surface area contributed by atoms with Gasteiger partial charge in [-0.1, -0.05) is 18.2 Å². The molecule has 0 aliphatic heterocycles. The average Bonchev–Trinajstić information content (AvgIpc) is 2.42.